The molecule has 0 atom stereocenters. The molecule has 11 heteroatoms. The van der Waals surface area contributed by atoms with Crippen molar-refractivity contribution in [3.8, 4) is 0 Å². The molecular weight excluding hydrogens is 430 g/mol. The van der Waals surface area contributed by atoms with Crippen molar-refractivity contribution in [3.63, 3.8) is 0 Å². The van der Waals surface area contributed by atoms with Crippen molar-refractivity contribution in [3.05, 3.63) is 40.9 Å². The number of nitrogens with zero attached hydrogens (tertiary/aromatic N) is 6. The molecule has 4 aliphatic rings. The maximum Gasteiger partial charge on any atom is 0.262 e. The standard InChI is InChI=1S/C21H25N7O3S/c1-26-7-6-17(25-26)32(30,31)27-8-4-16(5-9-27)23-20-22-13-15-2-3-18(29)28(19(15)24-20)21-10-14(11-21)12-21/h2-3,6-7,13-14,16H,4-5,8-12H2,1H3,(H,22,23,24). The van der Waals surface area contributed by atoms with Crippen LogP contribution in [0.2, 0.25) is 0 Å². The summed E-state index contributed by atoms with van der Waals surface area (Å²) in [7, 11) is -1.88. The fourth-order valence-corrected chi connectivity index (χ4v) is 6.76. The topological polar surface area (TPSA) is 115 Å². The highest BCUT2D eigenvalue weighted by molar-refractivity contribution is 7.89. The van der Waals surface area contributed by atoms with Crippen molar-refractivity contribution in [2.24, 2.45) is 13.0 Å². The van der Waals surface area contributed by atoms with Crippen LogP contribution in [0.1, 0.15) is 32.1 Å². The molecule has 0 amide bonds. The molecule has 3 aliphatic carbocycles. The Morgan fingerprint density at radius 2 is 1.88 bits per heavy atom. The van der Waals surface area contributed by atoms with Gasteiger partial charge < -0.3 is 5.32 Å². The molecule has 0 radical (unpaired) electrons. The second kappa shape index (κ2) is 6.85. The van der Waals surface area contributed by atoms with Crippen LogP contribution in [0.15, 0.2) is 40.4 Å². The molecule has 3 aromatic heterocycles. The summed E-state index contributed by atoms with van der Waals surface area (Å²) in [6.07, 6.45) is 7.84. The molecule has 10 nitrogen and oxygen atoms in total. The summed E-state index contributed by atoms with van der Waals surface area (Å²) in [5, 5.41) is 8.34. The van der Waals surface area contributed by atoms with Crippen LogP contribution in [-0.4, -0.2) is 56.2 Å². The lowest BCUT2D eigenvalue weighted by molar-refractivity contribution is -0.0883. The third-order valence-corrected chi connectivity index (χ3v) is 8.99. The van der Waals surface area contributed by atoms with Crippen LogP contribution in [-0.2, 0) is 22.6 Å². The second-order valence-corrected chi connectivity index (χ2v) is 11.2. The molecule has 3 saturated carbocycles. The Hall–Kier alpha value is -2.79. The van der Waals surface area contributed by atoms with Crippen molar-refractivity contribution in [1.29, 1.82) is 0 Å². The number of piperidine rings is 1. The van der Waals surface area contributed by atoms with Gasteiger partial charge in [0, 0.05) is 50.0 Å². The van der Waals surface area contributed by atoms with E-state index in [1.807, 2.05) is 4.57 Å². The lowest BCUT2D eigenvalue weighted by Gasteiger charge is -2.62. The molecule has 0 unspecified atom stereocenters. The van der Waals surface area contributed by atoms with Crippen LogP contribution in [0, 0.1) is 5.92 Å². The van der Waals surface area contributed by atoms with Crippen molar-refractivity contribution < 1.29 is 8.42 Å². The highest BCUT2D eigenvalue weighted by atomic mass is 32.2. The van der Waals surface area contributed by atoms with Crippen molar-refractivity contribution in [1.82, 2.24) is 28.6 Å². The summed E-state index contributed by atoms with van der Waals surface area (Å²) in [6.45, 7) is 0.804. The molecule has 4 fully saturated rings. The number of nitrogens with one attached hydrogen (secondary N) is 1. The van der Waals surface area contributed by atoms with E-state index >= 15 is 0 Å². The van der Waals surface area contributed by atoms with Crippen LogP contribution in [0.4, 0.5) is 5.95 Å². The lowest BCUT2D eigenvalue weighted by atomic mass is 9.49. The molecule has 1 saturated heterocycles. The van der Waals surface area contributed by atoms with E-state index in [0.717, 1.165) is 30.6 Å². The Balaban J connectivity index is 1.20. The Labute approximate surface area is 185 Å². The van der Waals surface area contributed by atoms with Gasteiger partial charge in [-0.1, -0.05) is 0 Å². The molecule has 1 N–H and O–H groups in total. The molecular formula is C21H25N7O3S. The van der Waals surface area contributed by atoms with Crippen LogP contribution >= 0.6 is 0 Å². The summed E-state index contributed by atoms with van der Waals surface area (Å²) in [6, 6.07) is 4.97. The highest BCUT2D eigenvalue weighted by Gasteiger charge is 2.58. The average molecular weight is 456 g/mol. The van der Waals surface area contributed by atoms with E-state index in [9.17, 15) is 13.2 Å². The van der Waals surface area contributed by atoms with Crippen molar-refractivity contribution in [2.45, 2.75) is 48.7 Å². The summed E-state index contributed by atoms with van der Waals surface area (Å²) >= 11 is 0. The molecule has 3 aromatic rings. The summed E-state index contributed by atoms with van der Waals surface area (Å²) in [4.78, 5) is 21.8. The van der Waals surface area contributed by atoms with Gasteiger partial charge in [-0.05, 0) is 50.2 Å². The molecule has 0 aromatic carbocycles. The normalized spacial score (nSPS) is 26.0. The molecule has 168 valence electrons. The number of rotatable bonds is 5. The van der Waals surface area contributed by atoms with Crippen molar-refractivity contribution >= 4 is 27.0 Å². The quantitative estimate of drug-likeness (QED) is 0.617. The Kier molecular flexibility index (Phi) is 4.25. The van der Waals surface area contributed by atoms with Crippen LogP contribution in [0.25, 0.3) is 11.0 Å². The molecule has 0 spiro atoms. The average Bonchev–Trinajstić information content (AvgIpc) is 3.15. The van der Waals surface area contributed by atoms with Gasteiger partial charge in [0.15, 0.2) is 5.03 Å². The zero-order valence-corrected chi connectivity index (χ0v) is 18.6. The van der Waals surface area contributed by atoms with Gasteiger partial charge in [-0.25, -0.2) is 13.4 Å². The lowest BCUT2D eigenvalue weighted by Crippen LogP contribution is -2.62. The molecule has 2 bridgehead atoms. The second-order valence-electron chi connectivity index (χ2n) is 9.33. The van der Waals surface area contributed by atoms with Gasteiger partial charge in [0.1, 0.15) is 5.65 Å². The minimum Gasteiger partial charge on any atom is -0.351 e. The number of aromatic nitrogens is 5. The Morgan fingerprint density at radius 1 is 1.12 bits per heavy atom. The first kappa shape index (κ1) is 19.9. The minimum atomic E-state index is -3.58. The first-order chi connectivity index (χ1) is 15.3. The van der Waals surface area contributed by atoms with Crippen LogP contribution in [0.3, 0.4) is 0 Å². The summed E-state index contributed by atoms with van der Waals surface area (Å²) < 4.78 is 30.4. The fraction of sp³-hybridized carbons (Fsp3) is 0.524. The first-order valence-corrected chi connectivity index (χ1v) is 12.4. The third-order valence-electron chi connectivity index (χ3n) is 7.19. The van der Waals surface area contributed by atoms with E-state index in [-0.39, 0.29) is 22.2 Å². The Morgan fingerprint density at radius 3 is 2.50 bits per heavy atom. The number of hydrogen-bond donors (Lipinski definition) is 1. The molecule has 7 rings (SSSR count). The zero-order chi connectivity index (χ0) is 22.1. The van der Waals surface area contributed by atoms with Gasteiger partial charge in [-0.15, -0.1) is 0 Å². The van der Waals surface area contributed by atoms with E-state index < -0.39 is 10.0 Å². The van der Waals surface area contributed by atoms with Gasteiger partial charge >= 0.3 is 0 Å². The van der Waals surface area contributed by atoms with Gasteiger partial charge in [0.2, 0.25) is 5.95 Å². The summed E-state index contributed by atoms with van der Waals surface area (Å²) in [5.74, 6) is 1.23. The maximum atomic E-state index is 12.8. The highest BCUT2D eigenvalue weighted by Crippen LogP contribution is 2.62. The summed E-state index contributed by atoms with van der Waals surface area (Å²) in [5.41, 5.74) is 0.620. The third kappa shape index (κ3) is 2.98. The zero-order valence-electron chi connectivity index (χ0n) is 17.8. The largest absolute Gasteiger partial charge is 0.351 e. The number of aryl methyl sites for hydroxylation is 1. The number of anilines is 1. The minimum absolute atomic E-state index is 0.00617. The first-order valence-electron chi connectivity index (χ1n) is 11.0. The number of pyridine rings is 1. The monoisotopic (exact) mass is 455 g/mol. The van der Waals surface area contributed by atoms with Crippen LogP contribution in [0.5, 0.6) is 0 Å². The van der Waals surface area contributed by atoms with Gasteiger partial charge in [0.05, 0.1) is 5.54 Å². The van der Waals surface area contributed by atoms with E-state index in [0.29, 0.717) is 37.5 Å². The molecule has 4 heterocycles. The van der Waals surface area contributed by atoms with E-state index in [2.05, 4.69) is 15.4 Å². The van der Waals surface area contributed by atoms with Gasteiger partial charge in [0.25, 0.3) is 15.6 Å². The van der Waals surface area contributed by atoms with Crippen molar-refractivity contribution in [2.75, 3.05) is 18.4 Å². The maximum absolute atomic E-state index is 12.8. The fourth-order valence-electron chi connectivity index (χ4n) is 5.34. The van der Waals surface area contributed by atoms with E-state index in [4.69, 9.17) is 4.98 Å². The molecule has 32 heavy (non-hydrogen) atoms. The SMILES string of the molecule is Cn1ccc(S(=O)(=O)N2CCC(Nc3ncc4ccc(=O)n(C56CC(C5)C6)c4n3)CC2)n1. The van der Waals surface area contributed by atoms with E-state index in [1.165, 1.54) is 15.1 Å². The van der Waals surface area contributed by atoms with Crippen LogP contribution < -0.4 is 10.9 Å². The Bertz CT molecular complexity index is 1350. The smallest absolute Gasteiger partial charge is 0.262 e. The van der Waals surface area contributed by atoms with Gasteiger partial charge in [-0.2, -0.15) is 14.4 Å². The number of fused-ring (bicyclic) bond motifs is 1. The molecule has 1 aliphatic heterocycles. The number of hydrogen-bond acceptors (Lipinski definition) is 7. The van der Waals surface area contributed by atoms with E-state index in [1.54, 1.807) is 31.6 Å². The predicted octanol–water partition coefficient (Wildman–Crippen LogP) is 1.30. The van der Waals surface area contributed by atoms with Gasteiger partial charge in [-0.3, -0.25) is 14.0 Å². The number of sulfonamides is 1. The predicted molar refractivity (Wildman–Crippen MR) is 118 cm³/mol.